The number of pyridine rings is 1. The van der Waals surface area contributed by atoms with Gasteiger partial charge < -0.3 is 5.32 Å². The summed E-state index contributed by atoms with van der Waals surface area (Å²) in [4.78, 5) is 21.2. The van der Waals surface area contributed by atoms with Crippen molar-refractivity contribution in [2.24, 2.45) is 0 Å². The number of nitrogens with zero attached hydrogens (tertiary/aromatic N) is 2. The number of nitrogens with one attached hydrogen (secondary N) is 1. The molecular weight excluding hydrogens is 318 g/mol. The van der Waals surface area contributed by atoms with Gasteiger partial charge in [-0.1, -0.05) is 48.5 Å². The van der Waals surface area contributed by atoms with E-state index in [1.807, 2.05) is 60.7 Å². The van der Waals surface area contributed by atoms with Crippen LogP contribution in [0.4, 0.5) is 5.69 Å². The molecule has 1 N–H and O–H groups in total. The van der Waals surface area contributed by atoms with E-state index in [1.54, 1.807) is 11.6 Å². The van der Waals surface area contributed by atoms with Gasteiger partial charge in [-0.25, -0.2) is 4.98 Å². The maximum atomic E-state index is 12.4. The molecule has 5 heteroatoms. The molecule has 4 rings (SSSR count). The van der Waals surface area contributed by atoms with Crippen LogP contribution in [0.25, 0.3) is 21.5 Å². The fraction of sp³-hybridized carbons (Fsp3) is 0. The highest BCUT2D eigenvalue weighted by Crippen LogP contribution is 2.24. The van der Waals surface area contributed by atoms with Crippen LogP contribution in [0.5, 0.6) is 0 Å². The monoisotopic (exact) mass is 331 g/mol. The van der Waals surface area contributed by atoms with Gasteiger partial charge in [-0.3, -0.25) is 9.78 Å². The van der Waals surface area contributed by atoms with E-state index >= 15 is 0 Å². The number of anilines is 1. The fourth-order valence-electron chi connectivity index (χ4n) is 2.43. The first-order valence-corrected chi connectivity index (χ1v) is 8.35. The molecule has 0 unspecified atom stereocenters. The molecule has 0 bridgehead atoms. The summed E-state index contributed by atoms with van der Waals surface area (Å²) in [6.45, 7) is 0. The third kappa shape index (κ3) is 2.89. The minimum Gasteiger partial charge on any atom is -0.319 e. The Labute approximate surface area is 142 Å². The summed E-state index contributed by atoms with van der Waals surface area (Å²) in [7, 11) is 0. The van der Waals surface area contributed by atoms with Crippen LogP contribution >= 0.6 is 11.3 Å². The van der Waals surface area contributed by atoms with Gasteiger partial charge in [0.1, 0.15) is 10.7 Å². The molecule has 1 amide bonds. The standard InChI is InChI=1S/C19H13N3OS/c23-18(17-12-24-19(22-17)13-6-2-1-3-7-13)21-15-10-14-8-4-5-9-16(14)20-11-15/h1-12H,(H,21,23). The highest BCUT2D eigenvalue weighted by molar-refractivity contribution is 7.13. The summed E-state index contributed by atoms with van der Waals surface area (Å²) >= 11 is 1.46. The lowest BCUT2D eigenvalue weighted by molar-refractivity contribution is 0.102. The maximum absolute atomic E-state index is 12.4. The first-order chi connectivity index (χ1) is 11.8. The molecule has 4 aromatic rings. The van der Waals surface area contributed by atoms with Crippen molar-refractivity contribution < 1.29 is 4.79 Å². The number of thiazole rings is 1. The fourth-order valence-corrected chi connectivity index (χ4v) is 3.23. The average molecular weight is 331 g/mol. The third-order valence-electron chi connectivity index (χ3n) is 3.61. The molecule has 24 heavy (non-hydrogen) atoms. The summed E-state index contributed by atoms with van der Waals surface area (Å²) in [5.74, 6) is -0.231. The lowest BCUT2D eigenvalue weighted by atomic mass is 10.2. The van der Waals surface area contributed by atoms with E-state index in [2.05, 4.69) is 15.3 Å². The number of para-hydroxylation sites is 1. The average Bonchev–Trinajstić information content (AvgIpc) is 3.13. The molecule has 0 spiro atoms. The normalized spacial score (nSPS) is 10.7. The second-order valence-electron chi connectivity index (χ2n) is 5.27. The number of hydrogen-bond acceptors (Lipinski definition) is 4. The summed E-state index contributed by atoms with van der Waals surface area (Å²) < 4.78 is 0. The van der Waals surface area contributed by atoms with Gasteiger partial charge in [0, 0.05) is 16.3 Å². The Hall–Kier alpha value is -3.05. The van der Waals surface area contributed by atoms with Crippen molar-refractivity contribution in [2.75, 3.05) is 5.32 Å². The predicted octanol–water partition coefficient (Wildman–Crippen LogP) is 4.61. The number of hydrogen-bond donors (Lipinski definition) is 1. The lowest BCUT2D eigenvalue weighted by Gasteiger charge is -2.04. The topological polar surface area (TPSA) is 54.9 Å². The van der Waals surface area contributed by atoms with Gasteiger partial charge in [0.25, 0.3) is 5.91 Å². The summed E-state index contributed by atoms with van der Waals surface area (Å²) in [6, 6.07) is 19.5. The van der Waals surface area contributed by atoms with E-state index in [0.29, 0.717) is 11.4 Å². The zero-order valence-corrected chi connectivity index (χ0v) is 13.5. The van der Waals surface area contributed by atoms with Crippen molar-refractivity contribution in [1.29, 1.82) is 0 Å². The number of carbonyl (C=O) groups is 1. The zero-order valence-electron chi connectivity index (χ0n) is 12.6. The number of rotatable bonds is 3. The third-order valence-corrected chi connectivity index (χ3v) is 4.50. The van der Waals surface area contributed by atoms with Gasteiger partial charge in [-0.05, 0) is 12.1 Å². The number of fused-ring (bicyclic) bond motifs is 1. The van der Waals surface area contributed by atoms with Gasteiger partial charge in [-0.2, -0.15) is 0 Å². The first kappa shape index (κ1) is 14.5. The molecule has 0 radical (unpaired) electrons. The number of amides is 1. The van der Waals surface area contributed by atoms with Crippen LogP contribution in [0.15, 0.2) is 72.2 Å². The Morgan fingerprint density at radius 2 is 1.79 bits per heavy atom. The maximum Gasteiger partial charge on any atom is 0.275 e. The molecule has 0 saturated heterocycles. The predicted molar refractivity (Wildman–Crippen MR) is 97.2 cm³/mol. The highest BCUT2D eigenvalue weighted by atomic mass is 32.1. The van der Waals surface area contributed by atoms with Gasteiger partial charge in [0.05, 0.1) is 17.4 Å². The molecule has 4 nitrogen and oxygen atoms in total. The molecular formula is C19H13N3OS. The van der Waals surface area contributed by atoms with Crippen molar-refractivity contribution >= 4 is 33.8 Å². The number of benzene rings is 2. The second-order valence-corrected chi connectivity index (χ2v) is 6.13. The Morgan fingerprint density at radius 3 is 2.67 bits per heavy atom. The van der Waals surface area contributed by atoms with Crippen molar-refractivity contribution in [1.82, 2.24) is 9.97 Å². The van der Waals surface area contributed by atoms with Crippen molar-refractivity contribution in [3.63, 3.8) is 0 Å². The first-order valence-electron chi connectivity index (χ1n) is 7.47. The molecule has 116 valence electrons. The summed E-state index contributed by atoms with van der Waals surface area (Å²) in [6.07, 6.45) is 1.66. The molecule has 2 heterocycles. The molecule has 0 saturated carbocycles. The van der Waals surface area contributed by atoms with Gasteiger partial charge >= 0.3 is 0 Å². The van der Waals surface area contributed by atoms with E-state index in [4.69, 9.17) is 0 Å². The molecule has 0 aliphatic carbocycles. The quantitative estimate of drug-likeness (QED) is 0.596. The SMILES string of the molecule is O=C(Nc1cnc2ccccc2c1)c1csc(-c2ccccc2)n1. The van der Waals surface area contributed by atoms with Crippen LogP contribution < -0.4 is 5.32 Å². The zero-order chi connectivity index (χ0) is 16.4. The van der Waals surface area contributed by atoms with Crippen LogP contribution in [-0.4, -0.2) is 15.9 Å². The van der Waals surface area contributed by atoms with Crippen LogP contribution in [0.3, 0.4) is 0 Å². The van der Waals surface area contributed by atoms with Crippen LogP contribution in [0, 0.1) is 0 Å². The second kappa shape index (κ2) is 6.22. The molecule has 0 fully saturated rings. The number of aromatic nitrogens is 2. The molecule has 0 aliphatic rings. The van der Waals surface area contributed by atoms with Crippen molar-refractivity contribution in [2.45, 2.75) is 0 Å². The number of carbonyl (C=O) groups excluding carboxylic acids is 1. The summed E-state index contributed by atoms with van der Waals surface area (Å²) in [5.41, 5.74) is 2.98. The smallest absolute Gasteiger partial charge is 0.275 e. The molecule has 2 aromatic heterocycles. The lowest BCUT2D eigenvalue weighted by Crippen LogP contribution is -2.12. The Bertz CT molecular complexity index is 1010. The Morgan fingerprint density at radius 1 is 1.00 bits per heavy atom. The summed E-state index contributed by atoms with van der Waals surface area (Å²) in [5, 5.41) is 6.44. The van der Waals surface area contributed by atoms with Crippen LogP contribution in [0.2, 0.25) is 0 Å². The van der Waals surface area contributed by atoms with E-state index in [0.717, 1.165) is 21.5 Å². The van der Waals surface area contributed by atoms with Gasteiger partial charge in [0.15, 0.2) is 0 Å². The van der Waals surface area contributed by atoms with E-state index in [-0.39, 0.29) is 5.91 Å². The minimum atomic E-state index is -0.231. The molecule has 2 aromatic carbocycles. The Balaban J connectivity index is 1.56. The van der Waals surface area contributed by atoms with Crippen LogP contribution in [0.1, 0.15) is 10.5 Å². The van der Waals surface area contributed by atoms with Crippen molar-refractivity contribution in [3.8, 4) is 10.6 Å². The Kier molecular flexibility index (Phi) is 3.76. The molecule has 0 aliphatic heterocycles. The van der Waals surface area contributed by atoms with E-state index in [9.17, 15) is 4.79 Å². The van der Waals surface area contributed by atoms with Crippen LogP contribution in [-0.2, 0) is 0 Å². The minimum absolute atomic E-state index is 0.231. The van der Waals surface area contributed by atoms with Gasteiger partial charge in [0.2, 0.25) is 0 Å². The van der Waals surface area contributed by atoms with Crippen molar-refractivity contribution in [3.05, 3.63) is 77.9 Å². The highest BCUT2D eigenvalue weighted by Gasteiger charge is 2.12. The van der Waals surface area contributed by atoms with Gasteiger partial charge in [-0.15, -0.1) is 11.3 Å². The van der Waals surface area contributed by atoms with E-state index in [1.165, 1.54) is 11.3 Å². The molecule has 0 atom stereocenters. The van der Waals surface area contributed by atoms with E-state index < -0.39 is 0 Å². The largest absolute Gasteiger partial charge is 0.319 e.